The Labute approximate surface area is 119 Å². The van der Waals surface area contributed by atoms with Gasteiger partial charge in [-0.1, -0.05) is 19.9 Å². The number of carbonyl (C=O) groups is 1. The number of carboxylic acid groups (broad SMARTS) is 1. The van der Waals surface area contributed by atoms with E-state index in [-0.39, 0.29) is 17.6 Å². The topological polar surface area (TPSA) is 58.6 Å². The number of rotatable bonds is 8. The van der Waals surface area contributed by atoms with Crippen LogP contribution < -0.4 is 10.1 Å². The standard InChI is InChI=1S/C15H22FNO3/c1-4-8-17-10(3)12-7-6-11(9-13(12)16)20-14(5-2)15(18)19/h6-7,9-10,14,17H,4-5,8H2,1-3H3,(H,18,19). The molecule has 0 spiro atoms. The van der Waals surface area contributed by atoms with E-state index >= 15 is 0 Å². The van der Waals surface area contributed by atoms with E-state index in [1.165, 1.54) is 6.07 Å². The summed E-state index contributed by atoms with van der Waals surface area (Å²) in [5, 5.41) is 12.1. The van der Waals surface area contributed by atoms with Gasteiger partial charge < -0.3 is 15.2 Å². The fourth-order valence-electron chi connectivity index (χ4n) is 1.88. The zero-order valence-electron chi connectivity index (χ0n) is 12.1. The van der Waals surface area contributed by atoms with Crippen LogP contribution in [-0.2, 0) is 4.79 Å². The lowest BCUT2D eigenvalue weighted by Crippen LogP contribution is -2.26. The van der Waals surface area contributed by atoms with Crippen molar-refractivity contribution in [2.45, 2.75) is 45.8 Å². The highest BCUT2D eigenvalue weighted by Crippen LogP contribution is 2.23. The zero-order valence-corrected chi connectivity index (χ0v) is 12.1. The van der Waals surface area contributed by atoms with E-state index in [1.807, 2.05) is 13.8 Å². The van der Waals surface area contributed by atoms with Crippen LogP contribution in [0.3, 0.4) is 0 Å². The molecule has 0 radical (unpaired) electrons. The predicted octanol–water partition coefficient (Wildman–Crippen LogP) is 3.13. The molecule has 0 saturated carbocycles. The highest BCUT2D eigenvalue weighted by molar-refractivity contribution is 5.72. The van der Waals surface area contributed by atoms with Gasteiger partial charge >= 0.3 is 5.97 Å². The maximum absolute atomic E-state index is 14.0. The van der Waals surface area contributed by atoms with Gasteiger partial charge in [-0.2, -0.15) is 0 Å². The Hall–Kier alpha value is -1.62. The average molecular weight is 283 g/mol. The number of halogens is 1. The number of hydrogen-bond donors (Lipinski definition) is 2. The van der Waals surface area contributed by atoms with Gasteiger partial charge in [0.05, 0.1) is 0 Å². The molecule has 0 fully saturated rings. The molecule has 1 aromatic carbocycles. The van der Waals surface area contributed by atoms with Crippen LogP contribution in [0.4, 0.5) is 4.39 Å². The highest BCUT2D eigenvalue weighted by Gasteiger charge is 2.18. The molecule has 0 aliphatic rings. The second-order valence-electron chi connectivity index (χ2n) is 4.71. The van der Waals surface area contributed by atoms with Crippen molar-refractivity contribution in [3.05, 3.63) is 29.6 Å². The molecule has 112 valence electrons. The SMILES string of the molecule is CCCNC(C)c1ccc(OC(CC)C(=O)O)cc1F. The lowest BCUT2D eigenvalue weighted by molar-refractivity contribution is -0.145. The summed E-state index contributed by atoms with van der Waals surface area (Å²) in [4.78, 5) is 10.9. The number of ether oxygens (including phenoxy) is 1. The van der Waals surface area contributed by atoms with Crippen molar-refractivity contribution in [2.75, 3.05) is 6.54 Å². The molecule has 0 heterocycles. The normalized spacial score (nSPS) is 13.8. The minimum atomic E-state index is -1.05. The molecule has 0 aliphatic carbocycles. The number of nitrogens with one attached hydrogen (secondary N) is 1. The van der Waals surface area contributed by atoms with Crippen molar-refractivity contribution in [3.63, 3.8) is 0 Å². The van der Waals surface area contributed by atoms with Crippen LogP contribution in [0, 0.1) is 5.82 Å². The monoisotopic (exact) mass is 283 g/mol. The van der Waals surface area contributed by atoms with Crippen LogP contribution in [0.1, 0.15) is 45.2 Å². The molecule has 0 saturated heterocycles. The Balaban J connectivity index is 2.79. The number of aliphatic carboxylic acids is 1. The first kappa shape index (κ1) is 16.4. The maximum Gasteiger partial charge on any atom is 0.344 e. The van der Waals surface area contributed by atoms with Gasteiger partial charge in [0.1, 0.15) is 11.6 Å². The molecule has 0 amide bonds. The summed E-state index contributed by atoms with van der Waals surface area (Å²) in [7, 11) is 0. The van der Waals surface area contributed by atoms with Crippen LogP contribution >= 0.6 is 0 Å². The van der Waals surface area contributed by atoms with Gasteiger partial charge in [0.15, 0.2) is 6.10 Å². The maximum atomic E-state index is 14.0. The average Bonchev–Trinajstić information content (AvgIpc) is 2.41. The Morgan fingerprint density at radius 3 is 2.65 bits per heavy atom. The summed E-state index contributed by atoms with van der Waals surface area (Å²) in [6.45, 7) is 6.46. The first-order chi connectivity index (χ1) is 9.49. The molecule has 1 rings (SSSR count). The molecule has 1 aromatic rings. The molecule has 0 bridgehead atoms. The number of carboxylic acids is 1. The minimum absolute atomic E-state index is 0.0922. The van der Waals surface area contributed by atoms with Crippen molar-refractivity contribution in [1.29, 1.82) is 0 Å². The van der Waals surface area contributed by atoms with Crippen molar-refractivity contribution >= 4 is 5.97 Å². The summed E-state index contributed by atoms with van der Waals surface area (Å²) in [5.74, 6) is -1.20. The molecule has 20 heavy (non-hydrogen) atoms. The number of benzene rings is 1. The van der Waals surface area contributed by atoms with Gasteiger partial charge in [-0.3, -0.25) is 0 Å². The minimum Gasteiger partial charge on any atom is -0.479 e. The van der Waals surface area contributed by atoms with E-state index in [2.05, 4.69) is 5.32 Å². The van der Waals surface area contributed by atoms with Gasteiger partial charge in [-0.25, -0.2) is 9.18 Å². The van der Waals surface area contributed by atoms with E-state index in [4.69, 9.17) is 9.84 Å². The second kappa shape index (κ2) is 7.85. The molecular formula is C15H22FNO3. The molecule has 4 nitrogen and oxygen atoms in total. The summed E-state index contributed by atoms with van der Waals surface area (Å²) in [6, 6.07) is 4.39. The first-order valence-electron chi connectivity index (χ1n) is 6.91. The lowest BCUT2D eigenvalue weighted by Gasteiger charge is -2.17. The van der Waals surface area contributed by atoms with Crippen LogP contribution in [-0.4, -0.2) is 23.7 Å². The van der Waals surface area contributed by atoms with Crippen molar-refractivity contribution in [2.24, 2.45) is 0 Å². The van der Waals surface area contributed by atoms with Gasteiger partial charge in [-0.05, 0) is 32.4 Å². The highest BCUT2D eigenvalue weighted by atomic mass is 19.1. The molecule has 2 atom stereocenters. The zero-order chi connectivity index (χ0) is 15.1. The Morgan fingerprint density at radius 2 is 2.15 bits per heavy atom. The van der Waals surface area contributed by atoms with Crippen molar-refractivity contribution < 1.29 is 19.0 Å². The van der Waals surface area contributed by atoms with E-state index in [0.29, 0.717) is 12.0 Å². The van der Waals surface area contributed by atoms with E-state index in [0.717, 1.165) is 13.0 Å². The van der Waals surface area contributed by atoms with Crippen molar-refractivity contribution in [1.82, 2.24) is 5.32 Å². The molecular weight excluding hydrogens is 261 g/mol. The van der Waals surface area contributed by atoms with Gasteiger partial charge in [-0.15, -0.1) is 0 Å². The van der Waals surface area contributed by atoms with Crippen LogP contribution in [0.2, 0.25) is 0 Å². The summed E-state index contributed by atoms with van der Waals surface area (Å²) >= 11 is 0. The summed E-state index contributed by atoms with van der Waals surface area (Å²) in [6.07, 6.45) is 0.354. The van der Waals surface area contributed by atoms with Gasteiger partial charge in [0.2, 0.25) is 0 Å². The Morgan fingerprint density at radius 1 is 1.45 bits per heavy atom. The van der Waals surface area contributed by atoms with Crippen LogP contribution in [0.5, 0.6) is 5.75 Å². The van der Waals surface area contributed by atoms with Gasteiger partial charge in [0.25, 0.3) is 0 Å². The van der Waals surface area contributed by atoms with E-state index in [1.54, 1.807) is 19.1 Å². The van der Waals surface area contributed by atoms with Crippen LogP contribution in [0.15, 0.2) is 18.2 Å². The van der Waals surface area contributed by atoms with Crippen LogP contribution in [0.25, 0.3) is 0 Å². The third-order valence-electron chi connectivity index (χ3n) is 3.06. The molecule has 0 aliphatic heterocycles. The fraction of sp³-hybridized carbons (Fsp3) is 0.533. The summed E-state index contributed by atoms with van der Waals surface area (Å²) < 4.78 is 19.3. The smallest absolute Gasteiger partial charge is 0.344 e. The third-order valence-corrected chi connectivity index (χ3v) is 3.06. The van der Waals surface area contributed by atoms with E-state index in [9.17, 15) is 9.18 Å². The molecule has 5 heteroatoms. The predicted molar refractivity (Wildman–Crippen MR) is 75.5 cm³/mol. The molecule has 0 aromatic heterocycles. The largest absolute Gasteiger partial charge is 0.479 e. The van der Waals surface area contributed by atoms with Gasteiger partial charge in [0, 0.05) is 17.7 Å². The first-order valence-corrected chi connectivity index (χ1v) is 6.91. The quantitative estimate of drug-likeness (QED) is 0.769. The summed E-state index contributed by atoms with van der Waals surface area (Å²) in [5.41, 5.74) is 0.550. The Kier molecular flexibility index (Phi) is 6.45. The van der Waals surface area contributed by atoms with Crippen molar-refractivity contribution in [3.8, 4) is 5.75 Å². The molecule has 2 unspecified atom stereocenters. The molecule has 2 N–H and O–H groups in total. The number of hydrogen-bond acceptors (Lipinski definition) is 3. The Bertz CT molecular complexity index is 451. The fourth-order valence-corrected chi connectivity index (χ4v) is 1.88. The van der Waals surface area contributed by atoms with E-state index < -0.39 is 12.1 Å². The second-order valence-corrected chi connectivity index (χ2v) is 4.71. The lowest BCUT2D eigenvalue weighted by atomic mass is 10.1. The third kappa shape index (κ3) is 4.49.